The molecule has 0 saturated carbocycles. The number of amides is 2. The molecule has 2 amide bonds. The highest BCUT2D eigenvalue weighted by molar-refractivity contribution is 5.87. The van der Waals surface area contributed by atoms with E-state index in [0.717, 1.165) is 12.0 Å². The minimum absolute atomic E-state index is 0.00796. The van der Waals surface area contributed by atoms with Gasteiger partial charge in [0.15, 0.2) is 18.2 Å². The molecule has 0 spiro atoms. The van der Waals surface area contributed by atoms with Crippen LogP contribution in [0, 0.1) is 5.82 Å². The molecule has 0 unspecified atom stereocenters. The number of hydrogen-bond donors (Lipinski definition) is 1. The van der Waals surface area contributed by atoms with Crippen LogP contribution in [-0.4, -0.2) is 35.9 Å². The van der Waals surface area contributed by atoms with Crippen molar-refractivity contribution in [1.29, 1.82) is 0 Å². The molecule has 0 aliphatic carbocycles. The van der Waals surface area contributed by atoms with E-state index in [2.05, 4.69) is 5.32 Å². The predicted octanol–water partition coefficient (Wildman–Crippen LogP) is 3.15. The molecule has 0 radical (unpaired) electrons. The second-order valence-electron chi connectivity index (χ2n) is 6.19. The minimum atomic E-state index is -0.673. The molecule has 6 heteroatoms. The van der Waals surface area contributed by atoms with Crippen LogP contribution >= 0.6 is 0 Å². The molecule has 2 aromatic carbocycles. The Morgan fingerprint density at radius 1 is 1.11 bits per heavy atom. The number of carbonyl (C=O) groups excluding carboxylic acids is 2. The molecule has 2 rings (SSSR count). The van der Waals surface area contributed by atoms with Gasteiger partial charge in [-0.1, -0.05) is 49.4 Å². The Bertz CT molecular complexity index is 752. The summed E-state index contributed by atoms with van der Waals surface area (Å²) in [5.74, 6) is -1.14. The van der Waals surface area contributed by atoms with Crippen LogP contribution in [0.1, 0.15) is 25.8 Å². The van der Waals surface area contributed by atoms with Crippen molar-refractivity contribution in [2.75, 3.05) is 13.2 Å². The predicted molar refractivity (Wildman–Crippen MR) is 102 cm³/mol. The maximum absolute atomic E-state index is 13.7. The van der Waals surface area contributed by atoms with E-state index < -0.39 is 11.9 Å². The van der Waals surface area contributed by atoms with Gasteiger partial charge in [0.05, 0.1) is 0 Å². The monoisotopic (exact) mass is 372 g/mol. The first-order valence-corrected chi connectivity index (χ1v) is 9.01. The number of halogens is 1. The lowest BCUT2D eigenvalue weighted by atomic mass is 10.1. The fourth-order valence-corrected chi connectivity index (χ4v) is 2.54. The number of benzene rings is 2. The molecule has 0 aliphatic rings. The van der Waals surface area contributed by atoms with Crippen LogP contribution in [0.2, 0.25) is 0 Å². The molecule has 1 N–H and O–H groups in total. The summed E-state index contributed by atoms with van der Waals surface area (Å²) in [4.78, 5) is 26.6. The summed E-state index contributed by atoms with van der Waals surface area (Å²) in [7, 11) is 0. The first-order valence-electron chi connectivity index (χ1n) is 9.01. The van der Waals surface area contributed by atoms with Crippen LogP contribution < -0.4 is 10.1 Å². The van der Waals surface area contributed by atoms with E-state index in [1.54, 1.807) is 19.1 Å². The fourth-order valence-electron chi connectivity index (χ4n) is 2.54. The molecule has 1 atom stereocenters. The first kappa shape index (κ1) is 20.4. The first-order chi connectivity index (χ1) is 13.0. The van der Waals surface area contributed by atoms with Crippen LogP contribution in [0.5, 0.6) is 5.75 Å². The van der Waals surface area contributed by atoms with Crippen molar-refractivity contribution >= 4 is 11.8 Å². The molecule has 0 fully saturated rings. The smallest absolute Gasteiger partial charge is 0.261 e. The molecular formula is C21H25FN2O3. The molecule has 2 aromatic rings. The summed E-state index contributed by atoms with van der Waals surface area (Å²) in [6.07, 6.45) is 0.807. The number of nitrogens with one attached hydrogen (secondary N) is 1. The number of rotatable bonds is 9. The molecule has 27 heavy (non-hydrogen) atoms. The Kier molecular flexibility index (Phi) is 7.79. The summed E-state index contributed by atoms with van der Waals surface area (Å²) in [5.41, 5.74) is 0.895. The SMILES string of the molecule is CCCNC(=O)[C@@H](C)N(Cc1ccccc1)C(=O)COc1ccccc1F. The number of carbonyl (C=O) groups is 2. The lowest BCUT2D eigenvalue weighted by molar-refractivity contribution is -0.142. The van der Waals surface area contributed by atoms with E-state index in [9.17, 15) is 14.0 Å². The Morgan fingerprint density at radius 2 is 1.78 bits per heavy atom. The third-order valence-corrected chi connectivity index (χ3v) is 4.10. The van der Waals surface area contributed by atoms with Crippen molar-refractivity contribution < 1.29 is 18.7 Å². The molecule has 144 valence electrons. The van der Waals surface area contributed by atoms with E-state index in [1.807, 2.05) is 37.3 Å². The van der Waals surface area contributed by atoms with Gasteiger partial charge in [0.25, 0.3) is 5.91 Å². The summed E-state index contributed by atoms with van der Waals surface area (Å²) in [6.45, 7) is 4.09. The van der Waals surface area contributed by atoms with Gasteiger partial charge in [0.2, 0.25) is 5.91 Å². The maximum Gasteiger partial charge on any atom is 0.261 e. The van der Waals surface area contributed by atoms with E-state index in [1.165, 1.54) is 17.0 Å². The minimum Gasteiger partial charge on any atom is -0.481 e. The molecule has 0 aromatic heterocycles. The van der Waals surface area contributed by atoms with E-state index in [-0.39, 0.29) is 30.7 Å². The number of ether oxygens (including phenoxy) is 1. The number of para-hydroxylation sites is 1. The van der Waals surface area contributed by atoms with Gasteiger partial charge < -0.3 is 15.0 Å². The Labute approximate surface area is 159 Å². The van der Waals surface area contributed by atoms with E-state index in [4.69, 9.17) is 4.74 Å². The molecule has 0 bridgehead atoms. The van der Waals surface area contributed by atoms with Crippen molar-refractivity contribution in [2.24, 2.45) is 0 Å². The zero-order valence-corrected chi connectivity index (χ0v) is 15.7. The summed E-state index contributed by atoms with van der Waals surface area (Å²) in [6, 6.07) is 14.6. The lowest BCUT2D eigenvalue weighted by Crippen LogP contribution is -2.49. The molecular weight excluding hydrogens is 347 g/mol. The van der Waals surface area contributed by atoms with Gasteiger partial charge in [0.1, 0.15) is 6.04 Å². The summed E-state index contributed by atoms with van der Waals surface area (Å²) in [5, 5.41) is 2.80. The third kappa shape index (κ3) is 6.09. The van der Waals surface area contributed by atoms with Crippen LogP contribution in [0.3, 0.4) is 0 Å². The average molecular weight is 372 g/mol. The molecule has 0 heterocycles. The Morgan fingerprint density at radius 3 is 2.44 bits per heavy atom. The van der Waals surface area contributed by atoms with Crippen LogP contribution in [-0.2, 0) is 16.1 Å². The highest BCUT2D eigenvalue weighted by Crippen LogP contribution is 2.16. The van der Waals surface area contributed by atoms with Crippen LogP contribution in [0.15, 0.2) is 54.6 Å². The lowest BCUT2D eigenvalue weighted by Gasteiger charge is -2.28. The second kappa shape index (κ2) is 10.3. The number of nitrogens with zero attached hydrogens (tertiary/aromatic N) is 1. The van der Waals surface area contributed by atoms with E-state index >= 15 is 0 Å². The fraction of sp³-hybridized carbons (Fsp3) is 0.333. The van der Waals surface area contributed by atoms with Crippen LogP contribution in [0.25, 0.3) is 0 Å². The van der Waals surface area contributed by atoms with Crippen molar-refractivity contribution in [2.45, 2.75) is 32.9 Å². The zero-order chi connectivity index (χ0) is 19.6. The molecule has 0 aliphatic heterocycles. The summed E-state index contributed by atoms with van der Waals surface area (Å²) >= 11 is 0. The Hall–Kier alpha value is -2.89. The zero-order valence-electron chi connectivity index (χ0n) is 15.7. The quantitative estimate of drug-likeness (QED) is 0.736. The van der Waals surface area contributed by atoms with Gasteiger partial charge in [-0.15, -0.1) is 0 Å². The largest absolute Gasteiger partial charge is 0.481 e. The topological polar surface area (TPSA) is 58.6 Å². The highest BCUT2D eigenvalue weighted by Gasteiger charge is 2.26. The highest BCUT2D eigenvalue weighted by atomic mass is 19.1. The molecule has 0 saturated heterocycles. The van der Waals surface area contributed by atoms with Gasteiger partial charge in [-0.2, -0.15) is 0 Å². The van der Waals surface area contributed by atoms with Crippen molar-refractivity contribution in [3.63, 3.8) is 0 Å². The van der Waals surface area contributed by atoms with Gasteiger partial charge in [-0.05, 0) is 31.0 Å². The summed E-state index contributed by atoms with van der Waals surface area (Å²) < 4.78 is 19.0. The maximum atomic E-state index is 13.7. The number of hydrogen-bond acceptors (Lipinski definition) is 3. The van der Waals surface area contributed by atoms with Crippen molar-refractivity contribution in [1.82, 2.24) is 10.2 Å². The molecule has 5 nitrogen and oxygen atoms in total. The third-order valence-electron chi connectivity index (χ3n) is 4.10. The normalized spacial score (nSPS) is 11.5. The van der Waals surface area contributed by atoms with Gasteiger partial charge in [0, 0.05) is 13.1 Å². The van der Waals surface area contributed by atoms with E-state index in [0.29, 0.717) is 6.54 Å². The standard InChI is InChI=1S/C21H25FN2O3/c1-3-13-23-21(26)16(2)24(14-17-9-5-4-6-10-17)20(25)15-27-19-12-8-7-11-18(19)22/h4-12,16H,3,13-15H2,1-2H3,(H,23,26)/t16-/m1/s1. The Balaban J connectivity index is 2.11. The van der Waals surface area contributed by atoms with Gasteiger partial charge >= 0.3 is 0 Å². The van der Waals surface area contributed by atoms with Gasteiger partial charge in [-0.25, -0.2) is 4.39 Å². The van der Waals surface area contributed by atoms with Crippen molar-refractivity contribution in [3.05, 3.63) is 66.0 Å². The second-order valence-corrected chi connectivity index (χ2v) is 6.19. The van der Waals surface area contributed by atoms with Crippen LogP contribution in [0.4, 0.5) is 4.39 Å². The van der Waals surface area contributed by atoms with Gasteiger partial charge in [-0.3, -0.25) is 9.59 Å². The van der Waals surface area contributed by atoms with Crippen molar-refractivity contribution in [3.8, 4) is 5.75 Å². The average Bonchev–Trinajstić information content (AvgIpc) is 2.69.